The van der Waals surface area contributed by atoms with Crippen molar-refractivity contribution in [1.82, 2.24) is 9.47 Å². The molecule has 0 fully saturated rings. The number of hydrogen-bond acceptors (Lipinski definition) is 7. The maximum absolute atomic E-state index is 14.2. The summed E-state index contributed by atoms with van der Waals surface area (Å²) < 4.78 is 18.4. The Labute approximate surface area is 267 Å². The molecule has 7 nitrogen and oxygen atoms in total. The van der Waals surface area contributed by atoms with Gasteiger partial charge in [0.2, 0.25) is 5.43 Å². The van der Waals surface area contributed by atoms with E-state index in [-0.39, 0.29) is 30.0 Å². The van der Waals surface area contributed by atoms with Crippen LogP contribution in [0.3, 0.4) is 0 Å². The minimum absolute atomic E-state index is 0. The predicted molar refractivity (Wildman–Crippen MR) is 178 cm³/mol. The smallest absolute Gasteiger partial charge is 0.343 e. The first-order valence-corrected chi connectivity index (χ1v) is 15.2. The van der Waals surface area contributed by atoms with Crippen molar-refractivity contribution in [3.8, 4) is 21.9 Å². The lowest BCUT2D eigenvalue weighted by molar-refractivity contribution is 0.0524. The van der Waals surface area contributed by atoms with E-state index in [1.165, 1.54) is 11.1 Å². The third-order valence-electron chi connectivity index (χ3n) is 7.98. The number of thiophene rings is 1. The average molecular weight is 631 g/mol. The Hall–Kier alpha value is -4.11. The summed E-state index contributed by atoms with van der Waals surface area (Å²) in [6, 6.07) is 24.3. The van der Waals surface area contributed by atoms with Gasteiger partial charge in [-0.2, -0.15) is 0 Å². The number of para-hydroxylation sites is 1. The summed E-state index contributed by atoms with van der Waals surface area (Å²) in [6.45, 7) is 4.60. The van der Waals surface area contributed by atoms with Crippen LogP contribution in [0.15, 0.2) is 83.8 Å². The molecule has 1 aliphatic heterocycles. The van der Waals surface area contributed by atoms with E-state index in [1.54, 1.807) is 38.7 Å². The molecule has 0 saturated carbocycles. The fourth-order valence-corrected chi connectivity index (χ4v) is 7.11. The van der Waals surface area contributed by atoms with Gasteiger partial charge in [-0.3, -0.25) is 9.69 Å². The first-order valence-electron chi connectivity index (χ1n) is 14.4. The average Bonchev–Trinajstić information content (AvgIpc) is 3.42. The maximum Gasteiger partial charge on any atom is 0.343 e. The molecule has 0 atom stereocenters. The Kier molecular flexibility index (Phi) is 9.74. The minimum atomic E-state index is -0.613. The molecule has 0 saturated heterocycles. The van der Waals surface area contributed by atoms with Gasteiger partial charge in [-0.05, 0) is 65.9 Å². The summed E-state index contributed by atoms with van der Waals surface area (Å²) in [5, 5.41) is 0.565. The molecule has 5 aromatic rings. The number of pyridine rings is 1. The summed E-state index contributed by atoms with van der Waals surface area (Å²) >= 11 is 1.57. The van der Waals surface area contributed by atoms with Crippen LogP contribution in [0.2, 0.25) is 0 Å². The first-order chi connectivity index (χ1) is 21.0. The second-order valence-electron chi connectivity index (χ2n) is 10.6. The molecule has 6 rings (SSSR count). The molecule has 0 N–H and O–H groups in total. The van der Waals surface area contributed by atoms with Gasteiger partial charge in [0, 0.05) is 36.3 Å². The number of halogens is 1. The van der Waals surface area contributed by atoms with Gasteiger partial charge in [0.1, 0.15) is 21.9 Å². The number of aromatic nitrogens is 1. The molecule has 9 heteroatoms. The summed E-state index contributed by atoms with van der Waals surface area (Å²) in [5.41, 5.74) is 5.28. The number of nitrogens with zero attached hydrogens (tertiary/aromatic N) is 2. The molecule has 0 radical (unpaired) electrons. The number of carbonyl (C=O) groups is 1. The quantitative estimate of drug-likeness (QED) is 0.164. The molecule has 2 aromatic heterocycles. The van der Waals surface area contributed by atoms with Crippen LogP contribution in [0.4, 0.5) is 0 Å². The number of rotatable bonds is 9. The highest BCUT2D eigenvalue weighted by Gasteiger charge is 2.26. The fraction of sp³-hybridized carbons (Fsp3) is 0.257. The summed E-state index contributed by atoms with van der Waals surface area (Å²) in [4.78, 5) is 31.5. The summed E-state index contributed by atoms with van der Waals surface area (Å²) in [6.07, 6.45) is 2.59. The fourth-order valence-electron chi connectivity index (χ4n) is 5.82. The van der Waals surface area contributed by atoms with E-state index in [4.69, 9.17) is 14.2 Å². The van der Waals surface area contributed by atoms with E-state index in [1.807, 2.05) is 53.1 Å². The van der Waals surface area contributed by atoms with Gasteiger partial charge in [-0.15, -0.1) is 23.7 Å². The molecule has 1 aliphatic rings. The van der Waals surface area contributed by atoms with Crippen molar-refractivity contribution in [2.45, 2.75) is 33.0 Å². The van der Waals surface area contributed by atoms with E-state index in [0.29, 0.717) is 18.5 Å². The zero-order valence-electron chi connectivity index (χ0n) is 25.0. The van der Waals surface area contributed by atoms with Gasteiger partial charge in [0.05, 0.1) is 32.8 Å². The van der Waals surface area contributed by atoms with Crippen molar-refractivity contribution in [3.63, 3.8) is 0 Å². The lowest BCUT2D eigenvalue weighted by atomic mass is 9.98. The van der Waals surface area contributed by atoms with Crippen LogP contribution >= 0.6 is 23.7 Å². The molecule has 3 heterocycles. The molecular weight excluding hydrogens is 596 g/mol. The highest BCUT2D eigenvalue weighted by molar-refractivity contribution is 7.22. The van der Waals surface area contributed by atoms with Gasteiger partial charge in [0.25, 0.3) is 0 Å². The van der Waals surface area contributed by atoms with E-state index < -0.39 is 5.97 Å². The van der Waals surface area contributed by atoms with Crippen LogP contribution in [-0.4, -0.2) is 42.8 Å². The van der Waals surface area contributed by atoms with E-state index in [9.17, 15) is 9.59 Å². The van der Waals surface area contributed by atoms with E-state index in [0.717, 1.165) is 57.4 Å². The molecule has 228 valence electrons. The Morgan fingerprint density at radius 1 is 0.909 bits per heavy atom. The third kappa shape index (κ3) is 6.11. The number of esters is 1. The Bertz CT molecular complexity index is 1850. The zero-order valence-corrected chi connectivity index (χ0v) is 26.6. The predicted octanol–water partition coefficient (Wildman–Crippen LogP) is 6.95. The van der Waals surface area contributed by atoms with Crippen LogP contribution < -0.4 is 14.9 Å². The third-order valence-corrected chi connectivity index (χ3v) is 9.30. The minimum Gasteiger partial charge on any atom is -0.497 e. The van der Waals surface area contributed by atoms with Crippen molar-refractivity contribution >= 4 is 39.9 Å². The number of hydrogen-bond donors (Lipinski definition) is 0. The Balaban J connectivity index is 0.00000384. The number of ether oxygens (including phenoxy) is 3. The molecule has 0 spiro atoms. The number of benzene rings is 3. The number of carbonyl (C=O) groups excluding carboxylic acids is 1. The van der Waals surface area contributed by atoms with Crippen molar-refractivity contribution in [1.29, 1.82) is 0 Å². The molecule has 3 aromatic carbocycles. The standard InChI is InChI=1S/C35H34N2O5S.ClH/c1-4-42-35(39)29-22-37(20-26-11-7-8-12-30(26)41-3)34-31(32(29)38)28(33(43-34)24-13-15-27(40-2)16-14-24)21-36-18-17-23-9-5-6-10-25(23)19-36;/h5-16,22H,4,17-21H2,1-3H3;1H. The molecule has 0 bridgehead atoms. The summed E-state index contributed by atoms with van der Waals surface area (Å²) in [5.74, 6) is 0.892. The molecule has 0 amide bonds. The van der Waals surface area contributed by atoms with Crippen LogP contribution in [0, 0.1) is 0 Å². The Morgan fingerprint density at radius 3 is 2.36 bits per heavy atom. The van der Waals surface area contributed by atoms with Crippen molar-refractivity contribution in [3.05, 3.63) is 117 Å². The summed E-state index contributed by atoms with van der Waals surface area (Å²) in [7, 11) is 3.29. The normalized spacial score (nSPS) is 12.8. The maximum atomic E-state index is 14.2. The Morgan fingerprint density at radius 2 is 1.64 bits per heavy atom. The monoisotopic (exact) mass is 630 g/mol. The van der Waals surface area contributed by atoms with Crippen molar-refractivity contribution in [2.24, 2.45) is 0 Å². The van der Waals surface area contributed by atoms with Gasteiger partial charge >= 0.3 is 5.97 Å². The largest absolute Gasteiger partial charge is 0.497 e. The van der Waals surface area contributed by atoms with Crippen LogP contribution in [-0.2, 0) is 30.8 Å². The van der Waals surface area contributed by atoms with Gasteiger partial charge < -0.3 is 18.8 Å². The van der Waals surface area contributed by atoms with Crippen LogP contribution in [0.5, 0.6) is 11.5 Å². The SMILES string of the molecule is CCOC(=O)c1cn(Cc2ccccc2OC)c2sc(-c3ccc(OC)cc3)c(CN3CCc4ccccc4C3)c2c1=O.Cl. The lowest BCUT2D eigenvalue weighted by Crippen LogP contribution is -2.30. The zero-order chi connectivity index (χ0) is 29.9. The van der Waals surface area contributed by atoms with Crippen LogP contribution in [0.1, 0.15) is 39.5 Å². The van der Waals surface area contributed by atoms with Crippen molar-refractivity contribution in [2.75, 3.05) is 27.4 Å². The van der Waals surface area contributed by atoms with Gasteiger partial charge in [0.15, 0.2) is 0 Å². The second kappa shape index (κ2) is 13.7. The topological polar surface area (TPSA) is 70.0 Å². The molecule has 44 heavy (non-hydrogen) atoms. The van der Waals surface area contributed by atoms with Crippen LogP contribution in [0.25, 0.3) is 20.7 Å². The first kappa shape index (κ1) is 31.3. The van der Waals surface area contributed by atoms with E-state index >= 15 is 0 Å². The molecule has 0 aliphatic carbocycles. The lowest BCUT2D eigenvalue weighted by Gasteiger charge is -2.29. The highest BCUT2D eigenvalue weighted by Crippen LogP contribution is 2.40. The number of methoxy groups -OCH3 is 2. The second-order valence-corrected chi connectivity index (χ2v) is 11.6. The number of fused-ring (bicyclic) bond motifs is 2. The van der Waals surface area contributed by atoms with E-state index in [2.05, 4.69) is 29.2 Å². The molecular formula is C35H35ClN2O5S. The van der Waals surface area contributed by atoms with Crippen molar-refractivity contribution < 1.29 is 19.0 Å². The highest BCUT2D eigenvalue weighted by atomic mass is 35.5. The van der Waals surface area contributed by atoms with Gasteiger partial charge in [-0.1, -0.05) is 42.5 Å². The van der Waals surface area contributed by atoms with Gasteiger partial charge in [-0.25, -0.2) is 4.79 Å². The molecule has 0 unspecified atom stereocenters.